The average Bonchev–Trinajstić information content (AvgIpc) is 3.67. The molecular weight excluding hydrogens is 926 g/mol. The van der Waals surface area contributed by atoms with Gasteiger partial charge < -0.3 is 5.11 Å². The second-order valence-corrected chi connectivity index (χ2v) is 17.5. The Morgan fingerprint density at radius 3 is 2.10 bits per heavy atom. The number of hydrogen-bond acceptors (Lipinski definition) is 3. The summed E-state index contributed by atoms with van der Waals surface area (Å²) in [6.45, 7) is 15.7. The van der Waals surface area contributed by atoms with Gasteiger partial charge >= 0.3 is 0 Å². The molecule has 8 rings (SSSR count). The van der Waals surface area contributed by atoms with Crippen LogP contribution in [0, 0.1) is 12.9 Å². The zero-order valence-corrected chi connectivity index (χ0v) is 38.4. The van der Waals surface area contributed by atoms with Crippen molar-refractivity contribution in [1.29, 1.82) is 0 Å². The Labute approximate surface area is 388 Å². The number of pyridine rings is 1. The maximum Gasteiger partial charge on any atom is 0.148 e. The largest absolute Gasteiger partial charge is 0.507 e. The normalized spacial score (nSPS) is 14.1. The van der Waals surface area contributed by atoms with Crippen LogP contribution in [0.5, 0.6) is 5.75 Å². The smallest absolute Gasteiger partial charge is 0.148 e. The van der Waals surface area contributed by atoms with Crippen molar-refractivity contribution >= 4 is 11.0 Å². The molecule has 0 spiro atoms. The second kappa shape index (κ2) is 17.4. The summed E-state index contributed by atoms with van der Waals surface area (Å²) in [4.78, 5) is 10.3. The predicted octanol–water partition coefficient (Wildman–Crippen LogP) is 15.2. The third-order valence-corrected chi connectivity index (χ3v) is 11.3. The summed E-state index contributed by atoms with van der Waals surface area (Å²) in [7, 11) is 0. The molecule has 6 aromatic carbocycles. The van der Waals surface area contributed by atoms with E-state index < -0.39 is 42.5 Å². The van der Waals surface area contributed by atoms with Crippen LogP contribution < -0.4 is 0 Å². The van der Waals surface area contributed by atoms with E-state index in [0.717, 1.165) is 55.7 Å². The monoisotopic (exact) mass is 989 g/mol. The first-order chi connectivity index (χ1) is 31.9. The number of aromatic hydroxyl groups is 1. The molecule has 0 aliphatic rings. The van der Waals surface area contributed by atoms with Crippen molar-refractivity contribution in [2.75, 3.05) is 0 Å². The van der Waals surface area contributed by atoms with Crippen LogP contribution in [-0.4, -0.2) is 19.6 Å². The Bertz CT molecular complexity index is 3230. The van der Waals surface area contributed by atoms with Crippen LogP contribution >= 0.6 is 0 Å². The van der Waals surface area contributed by atoms with Gasteiger partial charge in [0.1, 0.15) is 11.6 Å². The molecule has 0 aliphatic heterocycles. The van der Waals surface area contributed by atoms with E-state index in [1.807, 2.05) is 68.4 Å². The van der Waals surface area contributed by atoms with Crippen LogP contribution in [0.4, 0.5) is 0 Å². The fourth-order valence-electron chi connectivity index (χ4n) is 7.73. The topological polar surface area (TPSA) is 50.9 Å². The number of benzene rings is 6. The number of nitrogens with zero attached hydrogens (tertiary/aromatic N) is 3. The second-order valence-electron chi connectivity index (χ2n) is 17.5. The van der Waals surface area contributed by atoms with Crippen LogP contribution in [-0.2, 0) is 26.5 Å². The van der Waals surface area contributed by atoms with Crippen molar-refractivity contribution in [2.24, 2.45) is 0 Å². The van der Waals surface area contributed by atoms with Crippen molar-refractivity contribution in [3.05, 3.63) is 167 Å². The summed E-state index contributed by atoms with van der Waals surface area (Å²) in [6.07, 6.45) is 1.54. The zero-order valence-electron chi connectivity index (χ0n) is 44.2. The molecule has 0 saturated heterocycles. The molecule has 5 heteroatoms. The van der Waals surface area contributed by atoms with Gasteiger partial charge in [-0.25, -0.2) is 4.98 Å². The quantitative estimate of drug-likeness (QED) is 0.147. The maximum absolute atomic E-state index is 12.3. The number of rotatable bonds is 9. The molecule has 312 valence electrons. The fourth-order valence-corrected chi connectivity index (χ4v) is 7.73. The van der Waals surface area contributed by atoms with E-state index in [-0.39, 0.29) is 49.6 Å². The number of para-hydroxylation sites is 1. The Morgan fingerprint density at radius 2 is 1.43 bits per heavy atom. The minimum absolute atomic E-state index is 0. The minimum atomic E-state index is -2.83. The van der Waals surface area contributed by atoms with E-state index >= 15 is 0 Å². The van der Waals surface area contributed by atoms with E-state index in [9.17, 15) is 5.11 Å². The maximum atomic E-state index is 12.3. The third kappa shape index (κ3) is 8.66. The third-order valence-electron chi connectivity index (χ3n) is 11.3. The summed E-state index contributed by atoms with van der Waals surface area (Å²) in [5.41, 5.74) is 10.4. The Hall–Kier alpha value is -5.57. The zero-order chi connectivity index (χ0) is 49.4. The molecule has 0 amide bonds. The molecule has 0 atom stereocenters. The van der Waals surface area contributed by atoms with Crippen molar-refractivity contribution in [3.63, 3.8) is 0 Å². The predicted molar refractivity (Wildman–Crippen MR) is 252 cm³/mol. The molecule has 0 aliphatic carbocycles. The van der Waals surface area contributed by atoms with Crippen LogP contribution in [0.25, 0.3) is 72.7 Å². The van der Waals surface area contributed by atoms with Gasteiger partial charge in [-0.05, 0) is 93.7 Å². The molecule has 0 radical (unpaired) electrons. The molecule has 0 unspecified atom stereocenters. The van der Waals surface area contributed by atoms with Crippen LogP contribution in [0.15, 0.2) is 133 Å². The summed E-state index contributed by atoms with van der Waals surface area (Å²) >= 11 is 0. The Balaban J connectivity index is 0.00000703. The van der Waals surface area contributed by atoms with Crippen molar-refractivity contribution in [3.8, 4) is 67.5 Å². The van der Waals surface area contributed by atoms with Gasteiger partial charge in [-0.3, -0.25) is 9.55 Å². The molecule has 1 N–H and O–H groups in total. The van der Waals surface area contributed by atoms with E-state index in [4.69, 9.17) is 20.9 Å². The van der Waals surface area contributed by atoms with E-state index in [2.05, 4.69) is 95.5 Å². The molecule has 0 fully saturated rings. The number of imidazole rings is 1. The van der Waals surface area contributed by atoms with Gasteiger partial charge in [0.05, 0.1) is 27.8 Å². The first-order valence-corrected chi connectivity index (χ1v) is 20.6. The molecule has 0 saturated carbocycles. The van der Waals surface area contributed by atoms with Crippen molar-refractivity contribution in [1.82, 2.24) is 14.5 Å². The van der Waals surface area contributed by atoms with E-state index in [1.54, 1.807) is 18.3 Å². The fraction of sp³-hybridized carbons (Fsp3) is 0.250. The van der Waals surface area contributed by atoms with E-state index in [1.165, 1.54) is 0 Å². The van der Waals surface area contributed by atoms with Crippen LogP contribution in [0.1, 0.15) is 119 Å². The Kier molecular flexibility index (Phi) is 9.73. The summed E-state index contributed by atoms with van der Waals surface area (Å²) in [5.74, 6) is 0.0253. The molecule has 2 aromatic heterocycles. The van der Waals surface area contributed by atoms with E-state index in [0.29, 0.717) is 33.7 Å². The average molecular weight is 990 g/mol. The van der Waals surface area contributed by atoms with Crippen LogP contribution in [0.3, 0.4) is 0 Å². The van der Waals surface area contributed by atoms with Gasteiger partial charge in [-0.15, -0.1) is 29.3 Å². The van der Waals surface area contributed by atoms with Gasteiger partial charge in [-0.1, -0.05) is 164 Å². The summed E-state index contributed by atoms with van der Waals surface area (Å²) in [6, 6.07) is 35.4. The number of hydrogen-bond donors (Lipinski definition) is 1. The SMILES string of the molecule is [2H]c1c([2H])c(C([2H])([2H])[2H])c([2H])c([2H])c1-c1ccnc(-c2[c-]c(-c3cccc4c3nc(-c3cc(C(C)C)cc(C(C)C)c3O)n4-c3ccc(C([2H])(C)C)cc3-c3ccccc3)cc(C(C)(C)C)c2)c1.[Pt]. The molecule has 2 heterocycles. The number of fused-ring (bicyclic) bond motifs is 1. The Morgan fingerprint density at radius 1 is 0.705 bits per heavy atom. The molecule has 0 bridgehead atoms. The van der Waals surface area contributed by atoms with Gasteiger partial charge in [-0.2, -0.15) is 0 Å². The molecular formula is C56H56N3OPt-. The minimum Gasteiger partial charge on any atom is -0.507 e. The summed E-state index contributed by atoms with van der Waals surface area (Å²) in [5, 5.41) is 12.3. The number of phenols is 1. The molecule has 61 heavy (non-hydrogen) atoms. The van der Waals surface area contributed by atoms with Crippen molar-refractivity contribution in [2.45, 2.75) is 92.3 Å². The van der Waals surface area contributed by atoms with Gasteiger partial charge in [0.2, 0.25) is 0 Å². The summed E-state index contributed by atoms with van der Waals surface area (Å²) < 4.78 is 69.6. The molecule has 4 nitrogen and oxygen atoms in total. The first kappa shape index (κ1) is 34.1. The van der Waals surface area contributed by atoms with Crippen molar-refractivity contribution < 1.29 is 37.1 Å². The standard InChI is InChI=1S/C56H56N3O.Pt/c1-34(2)40-23-24-51(48(30-40)39-15-12-11-13-16-39)59-52-18-14-17-46(53(52)58-55(59)49-32-42(35(3)4)31-47(36(5)6)54(49)60)43-27-44(29-45(28-43)56(8,9)10)50-33-41(25-26-57-50)38-21-19-37(7)20-22-38;/h11-26,28-36,60H,1-10H3;/q-1;/i7D3,19D,20D,21D,22D,34D;. The number of aromatic nitrogens is 3. The molecule has 8 aromatic rings. The van der Waals surface area contributed by atoms with Gasteiger partial charge in [0, 0.05) is 44.0 Å². The van der Waals surface area contributed by atoms with Crippen LogP contribution in [0.2, 0.25) is 0 Å². The number of phenolic OH excluding ortho intramolecular Hbond substituents is 1. The first-order valence-electron chi connectivity index (χ1n) is 24.6. The van der Waals surface area contributed by atoms with Gasteiger partial charge in [0.25, 0.3) is 0 Å². The van der Waals surface area contributed by atoms with Gasteiger partial charge in [0.15, 0.2) is 0 Å².